The zero-order valence-electron chi connectivity index (χ0n) is 8.27. The smallest absolute Gasteiger partial charge is 0.106 e. The Labute approximate surface area is 102 Å². The van der Waals surface area contributed by atoms with Crippen LogP contribution in [0, 0.1) is 0 Å². The highest BCUT2D eigenvalue weighted by Crippen LogP contribution is 2.23. The van der Waals surface area contributed by atoms with Gasteiger partial charge in [0.25, 0.3) is 0 Å². The van der Waals surface area contributed by atoms with Crippen LogP contribution in [0.15, 0.2) is 52.1 Å². The molecule has 0 N–H and O–H groups in total. The minimum atomic E-state index is 0.868. The molecule has 0 aliphatic heterocycles. The van der Waals surface area contributed by atoms with Crippen LogP contribution >= 0.6 is 27.7 Å². The van der Waals surface area contributed by atoms with Crippen molar-refractivity contribution in [2.75, 3.05) is 6.26 Å². The maximum Gasteiger partial charge on any atom is 0.106 e. The van der Waals surface area contributed by atoms with Crippen LogP contribution < -0.4 is 0 Å². The van der Waals surface area contributed by atoms with Gasteiger partial charge >= 0.3 is 0 Å². The van der Waals surface area contributed by atoms with Gasteiger partial charge in [-0.2, -0.15) is 0 Å². The fourth-order valence-corrected chi connectivity index (χ4v) is 1.97. The first-order valence-electron chi connectivity index (χ1n) is 4.55. The van der Waals surface area contributed by atoms with Gasteiger partial charge < -0.3 is 0 Å². The highest BCUT2D eigenvalue weighted by molar-refractivity contribution is 9.10. The number of hydrogen-bond acceptors (Lipinski definition) is 2. The number of pyridine rings is 1. The second-order valence-corrected chi connectivity index (χ2v) is 4.79. The summed E-state index contributed by atoms with van der Waals surface area (Å²) in [5, 5.41) is 0. The molecule has 1 nitrogen and oxygen atoms in total. The summed E-state index contributed by atoms with van der Waals surface area (Å²) in [6, 6.07) is 12.5. The van der Waals surface area contributed by atoms with Crippen molar-refractivity contribution in [2.24, 2.45) is 0 Å². The Morgan fingerprint density at radius 1 is 1.00 bits per heavy atom. The van der Waals surface area contributed by atoms with Crippen molar-refractivity contribution in [3.05, 3.63) is 47.2 Å². The molecule has 0 amide bonds. The molecule has 0 spiro atoms. The third kappa shape index (κ3) is 2.61. The lowest BCUT2D eigenvalue weighted by Gasteiger charge is -2.02. The van der Waals surface area contributed by atoms with Crippen molar-refractivity contribution in [1.82, 2.24) is 4.98 Å². The number of hydrogen-bond donors (Lipinski definition) is 0. The average Bonchev–Trinajstić information content (AvgIpc) is 2.30. The second kappa shape index (κ2) is 4.81. The summed E-state index contributed by atoms with van der Waals surface area (Å²) in [7, 11) is 0. The molecule has 0 fully saturated rings. The molecule has 15 heavy (non-hydrogen) atoms. The van der Waals surface area contributed by atoms with Crippen molar-refractivity contribution >= 4 is 27.7 Å². The lowest BCUT2D eigenvalue weighted by molar-refractivity contribution is 1.28. The third-order valence-corrected chi connectivity index (χ3v) is 3.36. The Hall–Kier alpha value is -0.800. The molecule has 0 unspecified atom stereocenters. The van der Waals surface area contributed by atoms with Crippen molar-refractivity contribution < 1.29 is 0 Å². The van der Waals surface area contributed by atoms with Gasteiger partial charge in [0.05, 0.1) is 0 Å². The lowest BCUT2D eigenvalue weighted by Crippen LogP contribution is -1.80. The second-order valence-electron chi connectivity index (χ2n) is 3.10. The Balaban J connectivity index is 2.33. The minimum Gasteiger partial charge on any atom is -0.249 e. The van der Waals surface area contributed by atoms with E-state index in [0.717, 1.165) is 10.2 Å². The Morgan fingerprint density at radius 2 is 1.67 bits per heavy atom. The fourth-order valence-electron chi connectivity index (χ4n) is 1.33. The van der Waals surface area contributed by atoms with Gasteiger partial charge in [-0.3, -0.25) is 0 Å². The van der Waals surface area contributed by atoms with E-state index in [1.807, 2.05) is 12.3 Å². The molecule has 76 valence electrons. The molecule has 0 atom stereocenters. The maximum atomic E-state index is 4.21. The lowest BCUT2D eigenvalue weighted by atomic mass is 10.1. The van der Waals surface area contributed by atoms with Gasteiger partial charge in [-0.05, 0) is 45.9 Å². The molecule has 0 saturated carbocycles. The zero-order chi connectivity index (χ0) is 10.7. The first-order valence-corrected chi connectivity index (χ1v) is 6.57. The van der Waals surface area contributed by atoms with Crippen molar-refractivity contribution in [2.45, 2.75) is 4.90 Å². The maximum absolute atomic E-state index is 4.21. The number of benzene rings is 1. The van der Waals surface area contributed by atoms with Crippen LogP contribution in [0.4, 0.5) is 0 Å². The van der Waals surface area contributed by atoms with E-state index in [0.29, 0.717) is 0 Å². The van der Waals surface area contributed by atoms with Crippen LogP contribution in [0.25, 0.3) is 11.1 Å². The highest BCUT2D eigenvalue weighted by Gasteiger charge is 1.98. The van der Waals surface area contributed by atoms with Crippen LogP contribution in [-0.2, 0) is 0 Å². The highest BCUT2D eigenvalue weighted by atomic mass is 79.9. The summed E-state index contributed by atoms with van der Waals surface area (Å²) < 4.78 is 0.868. The van der Waals surface area contributed by atoms with Crippen LogP contribution in [0.3, 0.4) is 0 Å². The van der Waals surface area contributed by atoms with E-state index in [1.165, 1.54) is 10.5 Å². The van der Waals surface area contributed by atoms with Crippen molar-refractivity contribution in [1.29, 1.82) is 0 Å². The van der Waals surface area contributed by atoms with E-state index in [9.17, 15) is 0 Å². The normalized spacial score (nSPS) is 10.3. The molecule has 1 aromatic carbocycles. The van der Waals surface area contributed by atoms with Gasteiger partial charge in [-0.15, -0.1) is 11.8 Å². The van der Waals surface area contributed by atoms with Gasteiger partial charge in [-0.25, -0.2) is 4.98 Å². The monoisotopic (exact) mass is 279 g/mol. The summed E-state index contributed by atoms with van der Waals surface area (Å²) in [6.45, 7) is 0. The Kier molecular flexibility index (Phi) is 3.44. The number of halogens is 1. The molecule has 2 rings (SSSR count). The van der Waals surface area contributed by atoms with E-state index >= 15 is 0 Å². The van der Waals surface area contributed by atoms with E-state index < -0.39 is 0 Å². The number of nitrogens with zero attached hydrogens (tertiary/aromatic N) is 1. The molecule has 2 aromatic rings. The molecular weight excluding hydrogens is 270 g/mol. The Bertz CT molecular complexity index is 436. The fraction of sp³-hybridized carbons (Fsp3) is 0.0833. The zero-order valence-corrected chi connectivity index (χ0v) is 10.7. The SMILES string of the molecule is CSc1ccc(-c2ccc(Br)nc2)cc1. The molecule has 0 bridgehead atoms. The van der Waals surface area contributed by atoms with Gasteiger partial charge in [0, 0.05) is 16.7 Å². The average molecular weight is 280 g/mol. The summed E-state index contributed by atoms with van der Waals surface area (Å²) in [5.74, 6) is 0. The summed E-state index contributed by atoms with van der Waals surface area (Å²) in [5.41, 5.74) is 2.35. The molecule has 3 heteroatoms. The molecule has 0 aliphatic carbocycles. The summed E-state index contributed by atoms with van der Waals surface area (Å²) in [6.07, 6.45) is 3.95. The number of aromatic nitrogens is 1. The van der Waals surface area contributed by atoms with Crippen LogP contribution in [0.2, 0.25) is 0 Å². The molecule has 0 saturated heterocycles. The third-order valence-electron chi connectivity index (χ3n) is 2.15. The molecule has 0 radical (unpaired) electrons. The van der Waals surface area contributed by atoms with E-state index in [1.54, 1.807) is 11.8 Å². The first kappa shape index (κ1) is 10.7. The predicted molar refractivity (Wildman–Crippen MR) is 69.2 cm³/mol. The van der Waals surface area contributed by atoms with Gasteiger partial charge in [0.2, 0.25) is 0 Å². The molecule has 1 heterocycles. The van der Waals surface area contributed by atoms with Crippen molar-refractivity contribution in [3.8, 4) is 11.1 Å². The van der Waals surface area contributed by atoms with Crippen molar-refractivity contribution in [3.63, 3.8) is 0 Å². The van der Waals surface area contributed by atoms with Crippen LogP contribution in [0.1, 0.15) is 0 Å². The molecule has 1 aromatic heterocycles. The number of thioether (sulfide) groups is 1. The predicted octanol–water partition coefficient (Wildman–Crippen LogP) is 4.23. The summed E-state index contributed by atoms with van der Waals surface area (Å²) >= 11 is 5.08. The summed E-state index contributed by atoms with van der Waals surface area (Å²) in [4.78, 5) is 5.49. The molecule has 0 aliphatic rings. The number of rotatable bonds is 2. The Morgan fingerprint density at radius 3 is 2.20 bits per heavy atom. The van der Waals surface area contributed by atoms with Gasteiger partial charge in [-0.1, -0.05) is 18.2 Å². The van der Waals surface area contributed by atoms with Gasteiger partial charge in [0.15, 0.2) is 0 Å². The van der Waals surface area contributed by atoms with Crippen LogP contribution in [-0.4, -0.2) is 11.2 Å². The van der Waals surface area contributed by atoms with E-state index in [-0.39, 0.29) is 0 Å². The van der Waals surface area contributed by atoms with E-state index in [2.05, 4.69) is 57.5 Å². The largest absolute Gasteiger partial charge is 0.249 e. The minimum absolute atomic E-state index is 0.868. The standard InChI is InChI=1S/C12H10BrNS/c1-15-11-5-2-9(3-6-11)10-4-7-12(13)14-8-10/h2-8H,1H3. The quantitative estimate of drug-likeness (QED) is 0.603. The topological polar surface area (TPSA) is 12.9 Å². The first-order chi connectivity index (χ1) is 7.29. The van der Waals surface area contributed by atoms with Crippen LogP contribution in [0.5, 0.6) is 0 Å². The van der Waals surface area contributed by atoms with E-state index in [4.69, 9.17) is 0 Å². The van der Waals surface area contributed by atoms with Gasteiger partial charge in [0.1, 0.15) is 4.60 Å². The molecular formula is C12H10BrNS.